The molecule has 0 unspecified atom stereocenters. The molecular weight excluding hydrogens is 489 g/mol. The Morgan fingerprint density at radius 2 is 1.80 bits per heavy atom. The van der Waals surface area contributed by atoms with Crippen molar-refractivity contribution >= 4 is 17.5 Å². The van der Waals surface area contributed by atoms with E-state index in [0.29, 0.717) is 13.0 Å². The van der Waals surface area contributed by atoms with Crippen LogP contribution in [-0.4, -0.2) is 36.3 Å². The van der Waals surface area contributed by atoms with Crippen molar-refractivity contribution in [3.8, 4) is 5.75 Å². The van der Waals surface area contributed by atoms with Gasteiger partial charge in [0.05, 0.1) is 5.56 Å². The zero-order valence-electron chi connectivity index (χ0n) is 18.1. The van der Waals surface area contributed by atoms with Gasteiger partial charge in [0.2, 0.25) is 0 Å². The quantitative estimate of drug-likeness (QED) is 0.552. The SMILES string of the molecule is C[C@@H]1[C@@H](c2ccc(F)cc2OC(F)F)[C@H](C(=O)Nc2ccc(F)c(C(N)=O)c2)O[C@@]1(C)C(F)(F)F. The number of carbonyl (C=O) groups is 2. The largest absolute Gasteiger partial charge is 0.434 e. The number of alkyl halides is 5. The summed E-state index contributed by atoms with van der Waals surface area (Å²) in [7, 11) is 0. The van der Waals surface area contributed by atoms with Crippen molar-refractivity contribution in [3.63, 3.8) is 0 Å². The standard InChI is InChI=1S/C22H19F7N2O4/c1-9-16(12-5-3-10(23)7-15(12)34-20(25)26)17(35-21(9,2)22(27,28)29)19(33)31-11-4-6-14(24)13(8-11)18(30)32/h3-9,16-17,20H,1-2H3,(H2,30,32)(H,31,33)/t9-,16+,17-,21-/m1/s1. The Labute approximate surface area is 194 Å². The maximum atomic E-state index is 13.9. The molecule has 190 valence electrons. The Kier molecular flexibility index (Phi) is 7.02. The lowest BCUT2D eigenvalue weighted by Gasteiger charge is -2.32. The fraction of sp³-hybridized carbons (Fsp3) is 0.364. The van der Waals surface area contributed by atoms with Crippen molar-refractivity contribution in [1.29, 1.82) is 0 Å². The molecule has 1 saturated heterocycles. The summed E-state index contributed by atoms with van der Waals surface area (Å²) in [6, 6.07) is 5.01. The summed E-state index contributed by atoms with van der Waals surface area (Å²) >= 11 is 0. The summed E-state index contributed by atoms with van der Waals surface area (Å²) in [6.45, 7) is -1.64. The molecule has 1 aliphatic rings. The molecule has 0 aromatic heterocycles. The molecule has 6 nitrogen and oxygen atoms in total. The van der Waals surface area contributed by atoms with E-state index >= 15 is 0 Å². The van der Waals surface area contributed by atoms with Crippen molar-refractivity contribution in [2.24, 2.45) is 11.7 Å². The van der Waals surface area contributed by atoms with Crippen molar-refractivity contribution in [1.82, 2.24) is 0 Å². The maximum Gasteiger partial charge on any atom is 0.417 e. The van der Waals surface area contributed by atoms with Gasteiger partial charge in [0, 0.05) is 29.2 Å². The zero-order valence-corrected chi connectivity index (χ0v) is 18.1. The Balaban J connectivity index is 2.07. The van der Waals surface area contributed by atoms with Crippen LogP contribution in [0.15, 0.2) is 36.4 Å². The molecule has 0 bridgehead atoms. The number of benzene rings is 2. The smallest absolute Gasteiger partial charge is 0.417 e. The number of primary amides is 1. The Morgan fingerprint density at radius 3 is 2.37 bits per heavy atom. The number of hydrogen-bond donors (Lipinski definition) is 2. The van der Waals surface area contributed by atoms with E-state index in [0.717, 1.165) is 37.3 Å². The van der Waals surface area contributed by atoms with Crippen molar-refractivity contribution in [2.45, 2.75) is 44.3 Å². The number of rotatable bonds is 6. The van der Waals surface area contributed by atoms with E-state index < -0.39 is 71.1 Å². The van der Waals surface area contributed by atoms with Gasteiger partial charge in [0.1, 0.15) is 23.5 Å². The average molecular weight is 508 g/mol. The highest BCUT2D eigenvalue weighted by molar-refractivity contribution is 5.98. The second-order valence-electron chi connectivity index (χ2n) is 8.07. The zero-order chi connectivity index (χ0) is 26.3. The maximum absolute atomic E-state index is 13.9. The number of nitrogens with two attached hydrogens (primary N) is 1. The molecule has 1 heterocycles. The number of halogens is 7. The highest BCUT2D eigenvalue weighted by Crippen LogP contribution is 2.54. The predicted octanol–water partition coefficient (Wildman–Crippen LogP) is 4.74. The lowest BCUT2D eigenvalue weighted by atomic mass is 9.77. The van der Waals surface area contributed by atoms with Crippen LogP contribution in [0.5, 0.6) is 5.75 Å². The lowest BCUT2D eigenvalue weighted by Crippen LogP contribution is -2.47. The molecule has 2 amide bonds. The summed E-state index contributed by atoms with van der Waals surface area (Å²) in [5, 5.41) is 2.22. The van der Waals surface area contributed by atoms with E-state index in [1.807, 2.05) is 0 Å². The molecule has 0 radical (unpaired) electrons. The highest BCUT2D eigenvalue weighted by Gasteiger charge is 2.65. The molecule has 4 atom stereocenters. The van der Waals surface area contributed by atoms with Crippen LogP contribution in [0.3, 0.4) is 0 Å². The number of hydrogen-bond acceptors (Lipinski definition) is 4. The fourth-order valence-electron chi connectivity index (χ4n) is 4.01. The summed E-state index contributed by atoms with van der Waals surface area (Å²) in [5.41, 5.74) is 1.05. The van der Waals surface area contributed by atoms with Crippen LogP contribution < -0.4 is 15.8 Å². The first kappa shape index (κ1) is 26.3. The molecule has 3 N–H and O–H groups in total. The van der Waals surface area contributed by atoms with E-state index in [9.17, 15) is 40.3 Å². The van der Waals surface area contributed by atoms with Crippen LogP contribution in [0.2, 0.25) is 0 Å². The third-order valence-electron chi connectivity index (χ3n) is 5.98. The number of anilines is 1. The van der Waals surface area contributed by atoms with Gasteiger partial charge >= 0.3 is 12.8 Å². The minimum atomic E-state index is -4.99. The molecule has 0 aliphatic carbocycles. The number of ether oxygens (including phenoxy) is 2. The first-order chi connectivity index (χ1) is 16.2. The third kappa shape index (κ3) is 5.04. The molecular formula is C22H19F7N2O4. The molecule has 13 heteroatoms. The van der Waals surface area contributed by atoms with Gasteiger partial charge in [0.15, 0.2) is 5.60 Å². The van der Waals surface area contributed by atoms with Crippen LogP contribution in [0.25, 0.3) is 0 Å². The van der Waals surface area contributed by atoms with Gasteiger partial charge in [0.25, 0.3) is 11.8 Å². The fourth-order valence-corrected chi connectivity index (χ4v) is 4.01. The Morgan fingerprint density at radius 1 is 1.14 bits per heavy atom. The van der Waals surface area contributed by atoms with Crippen LogP contribution in [0.4, 0.5) is 36.4 Å². The van der Waals surface area contributed by atoms with Crippen LogP contribution in [0.1, 0.15) is 35.7 Å². The molecule has 0 saturated carbocycles. The Hall–Kier alpha value is -3.35. The van der Waals surface area contributed by atoms with Gasteiger partial charge in [-0.3, -0.25) is 9.59 Å². The van der Waals surface area contributed by atoms with Crippen LogP contribution >= 0.6 is 0 Å². The average Bonchev–Trinajstić information content (AvgIpc) is 3.01. The monoisotopic (exact) mass is 508 g/mol. The first-order valence-corrected chi connectivity index (χ1v) is 10.0. The number of nitrogens with one attached hydrogen (secondary N) is 1. The number of amides is 2. The normalized spacial score (nSPS) is 24.5. The number of carbonyl (C=O) groups excluding carboxylic acids is 2. The second-order valence-corrected chi connectivity index (χ2v) is 8.07. The first-order valence-electron chi connectivity index (χ1n) is 10.0. The molecule has 0 spiro atoms. The molecule has 3 rings (SSSR count). The van der Waals surface area contributed by atoms with E-state index in [1.54, 1.807) is 0 Å². The van der Waals surface area contributed by atoms with E-state index in [1.165, 1.54) is 0 Å². The molecule has 2 aromatic carbocycles. The van der Waals surface area contributed by atoms with Crippen molar-refractivity contribution < 1.29 is 49.8 Å². The van der Waals surface area contributed by atoms with Gasteiger partial charge in [-0.25, -0.2) is 8.78 Å². The lowest BCUT2D eigenvalue weighted by molar-refractivity contribution is -0.272. The highest BCUT2D eigenvalue weighted by atomic mass is 19.4. The summed E-state index contributed by atoms with van der Waals surface area (Å²) in [4.78, 5) is 24.4. The summed E-state index contributed by atoms with van der Waals surface area (Å²) in [6.07, 6.45) is -6.91. The van der Waals surface area contributed by atoms with Gasteiger partial charge in [-0.05, 0) is 31.2 Å². The second kappa shape index (κ2) is 9.36. The van der Waals surface area contributed by atoms with Gasteiger partial charge in [-0.1, -0.05) is 13.0 Å². The molecule has 2 aromatic rings. The van der Waals surface area contributed by atoms with Gasteiger partial charge < -0.3 is 20.5 Å². The molecule has 1 fully saturated rings. The minimum Gasteiger partial charge on any atom is -0.434 e. The van der Waals surface area contributed by atoms with E-state index in [4.69, 9.17) is 10.5 Å². The van der Waals surface area contributed by atoms with E-state index in [2.05, 4.69) is 10.1 Å². The van der Waals surface area contributed by atoms with Gasteiger partial charge in [-0.15, -0.1) is 0 Å². The summed E-state index contributed by atoms with van der Waals surface area (Å²) in [5.74, 6) is -8.13. The van der Waals surface area contributed by atoms with Crippen molar-refractivity contribution in [3.05, 3.63) is 59.2 Å². The van der Waals surface area contributed by atoms with Crippen molar-refractivity contribution in [2.75, 3.05) is 5.32 Å². The van der Waals surface area contributed by atoms with Gasteiger partial charge in [-0.2, -0.15) is 22.0 Å². The molecule has 1 aliphatic heterocycles. The summed E-state index contributed by atoms with van der Waals surface area (Å²) < 4.78 is 105. The van der Waals surface area contributed by atoms with Crippen LogP contribution in [-0.2, 0) is 9.53 Å². The predicted molar refractivity (Wildman–Crippen MR) is 108 cm³/mol. The van der Waals surface area contributed by atoms with Crippen LogP contribution in [0, 0.1) is 17.6 Å². The topological polar surface area (TPSA) is 90.6 Å². The third-order valence-corrected chi connectivity index (χ3v) is 5.98. The minimum absolute atomic E-state index is 0.191. The molecule has 35 heavy (non-hydrogen) atoms. The Bertz CT molecular complexity index is 1140. The van der Waals surface area contributed by atoms with E-state index in [-0.39, 0.29) is 11.3 Å².